The maximum absolute atomic E-state index is 12.4. The summed E-state index contributed by atoms with van der Waals surface area (Å²) in [7, 11) is 4.15. The van der Waals surface area contributed by atoms with E-state index in [0.29, 0.717) is 18.6 Å². The number of aliphatic hydroxyl groups excluding tert-OH is 1. The van der Waals surface area contributed by atoms with Gasteiger partial charge in [0.2, 0.25) is 5.91 Å². The van der Waals surface area contributed by atoms with E-state index in [4.69, 9.17) is 5.11 Å². The van der Waals surface area contributed by atoms with Crippen LogP contribution in [-0.4, -0.2) is 84.7 Å². The van der Waals surface area contributed by atoms with Gasteiger partial charge >= 0.3 is 0 Å². The number of nitrogens with zero attached hydrogens (tertiary/aromatic N) is 3. The molecule has 1 unspecified atom stereocenters. The second-order valence-electron chi connectivity index (χ2n) is 6.34. The normalized spacial score (nSPS) is 25.6. The minimum Gasteiger partial charge on any atom is -0.396 e. The van der Waals surface area contributed by atoms with Crippen molar-refractivity contribution in [1.82, 2.24) is 14.7 Å². The average Bonchev–Trinajstić information content (AvgIpc) is 2.95. The smallest absolute Gasteiger partial charge is 0.236 e. The van der Waals surface area contributed by atoms with E-state index in [9.17, 15) is 4.79 Å². The zero-order valence-corrected chi connectivity index (χ0v) is 12.9. The Morgan fingerprint density at radius 1 is 1.30 bits per heavy atom. The Bertz CT molecular complexity index is 318. The number of likely N-dealkylation sites (N-methyl/N-ethyl adjacent to an activating group) is 2. The third-order valence-corrected chi connectivity index (χ3v) is 4.92. The van der Waals surface area contributed by atoms with Crippen LogP contribution in [0.25, 0.3) is 0 Å². The van der Waals surface area contributed by atoms with Crippen molar-refractivity contribution in [2.75, 3.05) is 46.9 Å². The van der Waals surface area contributed by atoms with E-state index < -0.39 is 0 Å². The molecule has 2 aliphatic rings. The van der Waals surface area contributed by atoms with Gasteiger partial charge < -0.3 is 10.0 Å². The van der Waals surface area contributed by atoms with Crippen LogP contribution in [0.2, 0.25) is 0 Å². The van der Waals surface area contributed by atoms with Gasteiger partial charge in [-0.1, -0.05) is 12.8 Å². The average molecular weight is 283 g/mol. The van der Waals surface area contributed by atoms with Crippen LogP contribution in [0.5, 0.6) is 0 Å². The van der Waals surface area contributed by atoms with Gasteiger partial charge in [0.1, 0.15) is 0 Å². The fraction of sp³-hybridized carbons (Fsp3) is 0.933. The van der Waals surface area contributed by atoms with Gasteiger partial charge in [0.15, 0.2) is 0 Å². The molecular weight excluding hydrogens is 254 g/mol. The summed E-state index contributed by atoms with van der Waals surface area (Å²) in [6.45, 7) is 3.22. The minimum absolute atomic E-state index is 0.193. The Hall–Kier alpha value is -0.650. The summed E-state index contributed by atoms with van der Waals surface area (Å²) >= 11 is 0. The Labute approximate surface area is 122 Å². The van der Waals surface area contributed by atoms with Gasteiger partial charge in [0, 0.05) is 38.3 Å². The SMILES string of the molecule is CN1CCN(C(=O)CN(C)C2CCCC2)CC1CCO. The molecule has 5 heteroatoms. The molecule has 2 fully saturated rings. The molecular formula is C15H29N3O2. The predicted octanol–water partition coefficient (Wildman–Crippen LogP) is 0.386. The fourth-order valence-corrected chi connectivity index (χ4v) is 3.42. The van der Waals surface area contributed by atoms with Crippen LogP contribution < -0.4 is 0 Å². The molecule has 0 bridgehead atoms. The Morgan fingerprint density at radius 3 is 2.65 bits per heavy atom. The van der Waals surface area contributed by atoms with E-state index in [2.05, 4.69) is 23.9 Å². The minimum atomic E-state index is 0.193. The number of carbonyl (C=O) groups excluding carboxylic acids is 1. The van der Waals surface area contributed by atoms with E-state index in [0.717, 1.165) is 26.1 Å². The van der Waals surface area contributed by atoms with Gasteiger partial charge in [0.05, 0.1) is 6.54 Å². The summed E-state index contributed by atoms with van der Waals surface area (Å²) in [5.41, 5.74) is 0. The van der Waals surface area contributed by atoms with Crippen molar-refractivity contribution in [3.8, 4) is 0 Å². The summed E-state index contributed by atoms with van der Waals surface area (Å²) in [5, 5.41) is 9.11. The van der Waals surface area contributed by atoms with Crippen LogP contribution in [0.1, 0.15) is 32.1 Å². The van der Waals surface area contributed by atoms with Crippen LogP contribution in [-0.2, 0) is 4.79 Å². The molecule has 1 saturated heterocycles. The lowest BCUT2D eigenvalue weighted by molar-refractivity contribution is -0.135. The number of hydrogen-bond donors (Lipinski definition) is 1. The molecule has 0 aromatic carbocycles. The van der Waals surface area contributed by atoms with Crippen LogP contribution in [0.15, 0.2) is 0 Å². The van der Waals surface area contributed by atoms with Crippen molar-refractivity contribution in [1.29, 1.82) is 0 Å². The maximum Gasteiger partial charge on any atom is 0.236 e. The molecule has 116 valence electrons. The third kappa shape index (κ3) is 3.93. The molecule has 2 rings (SSSR count). The first kappa shape index (κ1) is 15.7. The van der Waals surface area contributed by atoms with Gasteiger partial charge in [-0.25, -0.2) is 0 Å². The van der Waals surface area contributed by atoms with E-state index in [-0.39, 0.29) is 12.5 Å². The zero-order valence-electron chi connectivity index (χ0n) is 12.9. The lowest BCUT2D eigenvalue weighted by Crippen LogP contribution is -2.55. The summed E-state index contributed by atoms with van der Waals surface area (Å²) in [6.07, 6.45) is 5.82. The number of piperazine rings is 1. The summed E-state index contributed by atoms with van der Waals surface area (Å²) in [4.78, 5) is 18.9. The molecule has 1 N–H and O–H groups in total. The van der Waals surface area contributed by atoms with Crippen molar-refractivity contribution >= 4 is 5.91 Å². The molecule has 0 radical (unpaired) electrons. The fourth-order valence-electron chi connectivity index (χ4n) is 3.42. The van der Waals surface area contributed by atoms with Crippen LogP contribution in [0, 0.1) is 0 Å². The van der Waals surface area contributed by atoms with Gasteiger partial charge in [-0.2, -0.15) is 0 Å². The molecule has 1 atom stereocenters. The second-order valence-corrected chi connectivity index (χ2v) is 6.34. The van der Waals surface area contributed by atoms with Crippen molar-refractivity contribution in [3.63, 3.8) is 0 Å². The summed E-state index contributed by atoms with van der Waals surface area (Å²) in [5.74, 6) is 0.246. The summed E-state index contributed by atoms with van der Waals surface area (Å²) < 4.78 is 0. The van der Waals surface area contributed by atoms with Gasteiger partial charge in [-0.05, 0) is 33.4 Å². The predicted molar refractivity (Wildman–Crippen MR) is 79.6 cm³/mol. The highest BCUT2D eigenvalue weighted by Crippen LogP contribution is 2.22. The van der Waals surface area contributed by atoms with Gasteiger partial charge in [0.25, 0.3) is 0 Å². The molecule has 0 aromatic rings. The van der Waals surface area contributed by atoms with Crippen molar-refractivity contribution < 1.29 is 9.90 Å². The molecule has 20 heavy (non-hydrogen) atoms. The number of amides is 1. The molecule has 1 saturated carbocycles. The number of hydrogen-bond acceptors (Lipinski definition) is 4. The van der Waals surface area contributed by atoms with Crippen LogP contribution >= 0.6 is 0 Å². The highest BCUT2D eigenvalue weighted by atomic mass is 16.3. The topological polar surface area (TPSA) is 47.0 Å². The third-order valence-electron chi connectivity index (χ3n) is 4.92. The molecule has 0 aromatic heterocycles. The molecule has 1 amide bonds. The first-order valence-corrected chi connectivity index (χ1v) is 7.91. The lowest BCUT2D eigenvalue weighted by Gasteiger charge is -2.40. The van der Waals surface area contributed by atoms with E-state index in [1.165, 1.54) is 25.7 Å². The lowest BCUT2D eigenvalue weighted by atomic mass is 10.1. The number of rotatable bonds is 5. The Kier molecular flexibility index (Phi) is 5.81. The van der Waals surface area contributed by atoms with Gasteiger partial charge in [-0.15, -0.1) is 0 Å². The summed E-state index contributed by atoms with van der Waals surface area (Å²) in [6, 6.07) is 0.897. The molecule has 0 spiro atoms. The van der Waals surface area contributed by atoms with Gasteiger partial charge in [-0.3, -0.25) is 14.6 Å². The van der Waals surface area contributed by atoms with E-state index in [1.54, 1.807) is 0 Å². The van der Waals surface area contributed by atoms with Crippen molar-refractivity contribution in [3.05, 3.63) is 0 Å². The van der Waals surface area contributed by atoms with Crippen molar-refractivity contribution in [2.45, 2.75) is 44.2 Å². The quantitative estimate of drug-likeness (QED) is 0.793. The Balaban J connectivity index is 1.82. The van der Waals surface area contributed by atoms with Crippen LogP contribution in [0.4, 0.5) is 0 Å². The zero-order chi connectivity index (χ0) is 14.5. The molecule has 1 heterocycles. The highest BCUT2D eigenvalue weighted by molar-refractivity contribution is 5.78. The monoisotopic (exact) mass is 283 g/mol. The second kappa shape index (κ2) is 7.38. The van der Waals surface area contributed by atoms with Crippen molar-refractivity contribution in [2.24, 2.45) is 0 Å². The van der Waals surface area contributed by atoms with Crippen LogP contribution in [0.3, 0.4) is 0 Å². The molecule has 1 aliphatic carbocycles. The molecule has 1 aliphatic heterocycles. The molecule has 5 nitrogen and oxygen atoms in total. The first-order valence-electron chi connectivity index (χ1n) is 7.91. The Morgan fingerprint density at radius 2 is 2.00 bits per heavy atom. The standard InChI is InChI=1S/C15H29N3O2/c1-16-8-9-18(11-14(16)7-10-19)15(20)12-17(2)13-5-3-4-6-13/h13-14,19H,3-12H2,1-2H3. The number of carbonyl (C=O) groups is 1. The van der Waals surface area contributed by atoms with E-state index >= 15 is 0 Å². The largest absolute Gasteiger partial charge is 0.396 e. The number of aliphatic hydroxyl groups is 1. The van der Waals surface area contributed by atoms with E-state index in [1.807, 2.05) is 4.90 Å². The first-order chi connectivity index (χ1) is 9.61. The highest BCUT2D eigenvalue weighted by Gasteiger charge is 2.28. The maximum atomic E-state index is 12.4.